The smallest absolute Gasteiger partial charge is 0.212 e. The molecule has 1 saturated heterocycles. The maximum atomic E-state index is 6.43. The summed E-state index contributed by atoms with van der Waals surface area (Å²) in [6.07, 6.45) is 11.1. The van der Waals surface area contributed by atoms with E-state index in [1.54, 1.807) is 12.5 Å². The fourth-order valence-corrected chi connectivity index (χ4v) is 5.96. The van der Waals surface area contributed by atoms with E-state index in [2.05, 4.69) is 20.1 Å². The highest BCUT2D eigenvalue weighted by Crippen LogP contribution is 2.46. The molecule has 1 atom stereocenters. The van der Waals surface area contributed by atoms with Crippen LogP contribution in [0, 0.1) is 5.41 Å². The topological polar surface area (TPSA) is 85.2 Å². The fraction of sp³-hybridized carbons (Fsp3) is 0.474. The summed E-state index contributed by atoms with van der Waals surface area (Å²) in [6, 6.07) is 2.16. The van der Waals surface area contributed by atoms with Gasteiger partial charge < -0.3 is 10.6 Å². The molecule has 1 saturated carbocycles. The lowest BCUT2D eigenvalue weighted by Crippen LogP contribution is -2.47. The first-order valence-corrected chi connectivity index (χ1v) is 11.3. The number of hydrogen-bond donors (Lipinski definition) is 1. The summed E-state index contributed by atoms with van der Waals surface area (Å²) in [7, 11) is 0. The van der Waals surface area contributed by atoms with Gasteiger partial charge in [-0.15, -0.1) is 10.2 Å². The molecule has 3 aromatic heterocycles. The molecule has 152 valence electrons. The van der Waals surface area contributed by atoms with Crippen molar-refractivity contribution in [2.24, 2.45) is 11.1 Å². The highest BCUT2D eigenvalue weighted by atomic mass is 35.5. The second-order valence-corrected chi connectivity index (χ2v) is 9.63. The first-order valence-electron chi connectivity index (χ1n) is 9.74. The first kappa shape index (κ1) is 19.4. The number of aromatic nitrogens is 5. The van der Waals surface area contributed by atoms with Crippen molar-refractivity contribution in [1.82, 2.24) is 24.6 Å². The Morgan fingerprint density at radius 1 is 1.14 bits per heavy atom. The molecule has 2 N–H and O–H groups in total. The van der Waals surface area contributed by atoms with E-state index in [1.165, 1.54) is 24.6 Å². The molecule has 2 aliphatic rings. The molecule has 7 nitrogen and oxygen atoms in total. The number of nitrogens with zero attached hydrogens (tertiary/aromatic N) is 6. The van der Waals surface area contributed by atoms with Crippen LogP contribution < -0.4 is 10.6 Å². The second-order valence-electron chi connectivity index (χ2n) is 7.81. The summed E-state index contributed by atoms with van der Waals surface area (Å²) in [5.74, 6) is 0.870. The molecule has 1 spiro atoms. The monoisotopic (exact) mass is 449 g/mol. The lowest BCUT2D eigenvalue weighted by Gasteiger charge is -2.42. The minimum Gasteiger partial charge on any atom is -0.342 e. The Morgan fingerprint density at radius 2 is 1.97 bits per heavy atom. The highest BCUT2D eigenvalue weighted by Gasteiger charge is 2.43. The van der Waals surface area contributed by atoms with Gasteiger partial charge in [-0.3, -0.25) is 0 Å². The Morgan fingerprint density at radius 3 is 2.72 bits per heavy atom. The van der Waals surface area contributed by atoms with Gasteiger partial charge in [0.05, 0.1) is 9.92 Å². The van der Waals surface area contributed by atoms with Gasteiger partial charge in [0, 0.05) is 36.4 Å². The van der Waals surface area contributed by atoms with E-state index in [0.29, 0.717) is 16.5 Å². The molecular weight excluding hydrogens is 429 g/mol. The van der Waals surface area contributed by atoms with Gasteiger partial charge in [-0.2, -0.15) is 0 Å². The number of pyridine rings is 1. The molecule has 5 rings (SSSR count). The van der Waals surface area contributed by atoms with Crippen LogP contribution in [0.25, 0.3) is 5.65 Å². The number of rotatable bonds is 3. The van der Waals surface area contributed by atoms with Gasteiger partial charge in [-0.25, -0.2) is 14.4 Å². The van der Waals surface area contributed by atoms with Gasteiger partial charge >= 0.3 is 0 Å². The number of nitrogens with two attached hydrogens (primary N) is 1. The van der Waals surface area contributed by atoms with Gasteiger partial charge in [0.25, 0.3) is 0 Å². The van der Waals surface area contributed by atoms with Crippen LogP contribution in [0.2, 0.25) is 10.2 Å². The molecule has 0 aromatic carbocycles. The molecule has 1 aliphatic carbocycles. The van der Waals surface area contributed by atoms with Gasteiger partial charge in [0.15, 0.2) is 5.65 Å². The maximum absolute atomic E-state index is 6.43. The molecular formula is C19H21Cl2N7S. The number of anilines is 1. The fourth-order valence-electron chi connectivity index (χ4n) is 4.63. The Balaban J connectivity index is 1.42. The standard InChI is InChI=1S/C19H21Cl2N7S/c20-15-12(3-7-23-16(15)21)29-13-10-24-18(28-11-25-26-17(13)28)27-8-5-19(6-9-27)4-1-2-14(19)22/h3,7,10-11,14H,1-2,4-6,8-9,22H2/t14-/m1/s1. The van der Waals surface area contributed by atoms with E-state index < -0.39 is 0 Å². The van der Waals surface area contributed by atoms with Crippen LogP contribution in [0.4, 0.5) is 5.95 Å². The summed E-state index contributed by atoms with van der Waals surface area (Å²) in [4.78, 5) is 12.7. The van der Waals surface area contributed by atoms with Crippen molar-refractivity contribution in [1.29, 1.82) is 0 Å². The first-order chi connectivity index (χ1) is 14.1. The largest absolute Gasteiger partial charge is 0.342 e. The van der Waals surface area contributed by atoms with E-state index >= 15 is 0 Å². The molecule has 10 heteroatoms. The predicted octanol–water partition coefficient (Wildman–Crippen LogP) is 4.08. The molecule has 0 bridgehead atoms. The van der Waals surface area contributed by atoms with Crippen molar-refractivity contribution in [3.8, 4) is 0 Å². The number of piperidine rings is 1. The van der Waals surface area contributed by atoms with Crippen molar-refractivity contribution in [3.63, 3.8) is 0 Å². The van der Waals surface area contributed by atoms with E-state index in [1.807, 2.05) is 16.7 Å². The van der Waals surface area contributed by atoms with Gasteiger partial charge in [0.2, 0.25) is 5.95 Å². The third-order valence-corrected chi connectivity index (χ3v) is 8.28. The van der Waals surface area contributed by atoms with Gasteiger partial charge in [-0.05, 0) is 37.2 Å². The van der Waals surface area contributed by atoms with Crippen LogP contribution in [0.3, 0.4) is 0 Å². The lowest BCUT2D eigenvalue weighted by molar-refractivity contribution is 0.197. The summed E-state index contributed by atoms with van der Waals surface area (Å²) in [6.45, 7) is 1.90. The molecule has 0 unspecified atom stereocenters. The normalized spacial score (nSPS) is 21.3. The zero-order valence-corrected chi connectivity index (χ0v) is 18.1. The molecule has 0 radical (unpaired) electrons. The third-order valence-electron chi connectivity index (χ3n) is 6.33. The lowest BCUT2D eigenvalue weighted by atomic mass is 9.74. The Bertz CT molecular complexity index is 1050. The maximum Gasteiger partial charge on any atom is 0.212 e. The zero-order valence-electron chi connectivity index (χ0n) is 15.8. The molecule has 2 fully saturated rings. The van der Waals surface area contributed by atoms with E-state index in [9.17, 15) is 0 Å². The summed E-state index contributed by atoms with van der Waals surface area (Å²) >= 11 is 13.8. The number of fused-ring (bicyclic) bond motifs is 1. The number of halogens is 2. The summed E-state index contributed by atoms with van der Waals surface area (Å²) in [5.41, 5.74) is 7.50. The predicted molar refractivity (Wildman–Crippen MR) is 115 cm³/mol. The van der Waals surface area contributed by atoms with Crippen molar-refractivity contribution in [2.75, 3.05) is 18.0 Å². The molecule has 4 heterocycles. The average Bonchev–Trinajstić information content (AvgIpc) is 3.35. The van der Waals surface area contributed by atoms with Crippen molar-refractivity contribution >= 4 is 46.6 Å². The molecule has 3 aromatic rings. The summed E-state index contributed by atoms with van der Waals surface area (Å²) < 4.78 is 1.95. The Kier molecular flexibility index (Phi) is 5.06. The second kappa shape index (κ2) is 7.58. The molecule has 1 aliphatic heterocycles. The van der Waals surface area contributed by atoms with Crippen LogP contribution in [0.1, 0.15) is 32.1 Å². The molecule has 0 amide bonds. The van der Waals surface area contributed by atoms with Crippen LogP contribution in [-0.2, 0) is 0 Å². The van der Waals surface area contributed by atoms with Crippen LogP contribution in [0.15, 0.2) is 34.6 Å². The van der Waals surface area contributed by atoms with Crippen molar-refractivity contribution in [3.05, 3.63) is 35.0 Å². The quantitative estimate of drug-likeness (QED) is 0.602. The number of hydrogen-bond acceptors (Lipinski definition) is 7. The van der Waals surface area contributed by atoms with E-state index in [-0.39, 0.29) is 5.15 Å². The van der Waals surface area contributed by atoms with Crippen LogP contribution in [0.5, 0.6) is 0 Å². The zero-order chi connectivity index (χ0) is 20.0. The molecule has 29 heavy (non-hydrogen) atoms. The summed E-state index contributed by atoms with van der Waals surface area (Å²) in [5, 5.41) is 9.15. The SMILES string of the molecule is N[C@@H]1CCCC12CCN(c1ncc(Sc3ccnc(Cl)c3Cl)c3nncn13)CC2. The van der Waals surface area contributed by atoms with E-state index in [0.717, 1.165) is 53.7 Å². The Labute approximate surface area is 183 Å². The third kappa shape index (κ3) is 3.36. The van der Waals surface area contributed by atoms with Crippen molar-refractivity contribution < 1.29 is 0 Å². The average molecular weight is 450 g/mol. The minimum atomic E-state index is 0.283. The Hall–Kier alpha value is -1.61. The van der Waals surface area contributed by atoms with E-state index in [4.69, 9.17) is 33.9 Å². The highest BCUT2D eigenvalue weighted by molar-refractivity contribution is 7.99. The van der Waals surface area contributed by atoms with Crippen molar-refractivity contribution in [2.45, 2.75) is 47.9 Å². The van der Waals surface area contributed by atoms with Crippen LogP contribution in [-0.4, -0.2) is 43.7 Å². The van der Waals surface area contributed by atoms with Gasteiger partial charge in [0.1, 0.15) is 11.5 Å². The van der Waals surface area contributed by atoms with Crippen LogP contribution >= 0.6 is 35.0 Å². The minimum absolute atomic E-state index is 0.283. The van der Waals surface area contributed by atoms with Gasteiger partial charge in [-0.1, -0.05) is 41.4 Å².